The van der Waals surface area contributed by atoms with Gasteiger partial charge in [0, 0.05) is 13.0 Å². The van der Waals surface area contributed by atoms with Gasteiger partial charge in [-0.15, -0.1) is 0 Å². The molecule has 0 atom stereocenters. The maximum absolute atomic E-state index is 12.1. The van der Waals surface area contributed by atoms with Gasteiger partial charge in [0.25, 0.3) is 0 Å². The summed E-state index contributed by atoms with van der Waals surface area (Å²) in [4.78, 5) is 12.1. The van der Waals surface area contributed by atoms with Crippen molar-refractivity contribution >= 4 is 50.5 Å². The van der Waals surface area contributed by atoms with E-state index in [1.54, 1.807) is 48.5 Å². The van der Waals surface area contributed by atoms with Crippen molar-refractivity contribution < 1.29 is 13.2 Å². The van der Waals surface area contributed by atoms with Crippen LogP contribution in [0.4, 0.5) is 11.4 Å². The van der Waals surface area contributed by atoms with Crippen LogP contribution in [0.25, 0.3) is 0 Å². The number of nitrogens with zero attached hydrogens (tertiary/aromatic N) is 1. The van der Waals surface area contributed by atoms with E-state index in [-0.39, 0.29) is 18.9 Å². The van der Waals surface area contributed by atoms with Gasteiger partial charge in [-0.1, -0.05) is 47.5 Å². The first kappa shape index (κ1) is 18.6. The average Bonchev–Trinajstić information content (AvgIpc) is 2.51. The van der Waals surface area contributed by atoms with Gasteiger partial charge >= 0.3 is 0 Å². The molecule has 2 rings (SSSR count). The lowest BCUT2D eigenvalue weighted by atomic mass is 10.3. The molecule has 0 aromatic heterocycles. The number of anilines is 2. The molecule has 0 aliphatic heterocycles. The van der Waals surface area contributed by atoms with Gasteiger partial charge in [-0.25, -0.2) is 8.42 Å². The standard InChI is InChI=1S/C16H16Cl2N2O3S/c1-24(22,23)20(12-6-3-2-4-7-12)11-10-15(21)19-16-13(17)8-5-9-14(16)18/h2-9H,10-11H2,1H3,(H,19,21). The highest BCUT2D eigenvalue weighted by molar-refractivity contribution is 7.92. The molecule has 0 aliphatic carbocycles. The van der Waals surface area contributed by atoms with E-state index < -0.39 is 10.0 Å². The number of amides is 1. The Balaban J connectivity index is 2.08. The zero-order chi connectivity index (χ0) is 17.7. The monoisotopic (exact) mass is 386 g/mol. The van der Waals surface area contributed by atoms with Gasteiger partial charge in [-0.05, 0) is 24.3 Å². The van der Waals surface area contributed by atoms with Gasteiger partial charge in [0.05, 0.1) is 27.7 Å². The lowest BCUT2D eigenvalue weighted by Gasteiger charge is -2.22. The Morgan fingerprint density at radius 1 is 1.04 bits per heavy atom. The number of rotatable bonds is 6. The second-order valence-corrected chi connectivity index (χ2v) is 7.79. The summed E-state index contributed by atoms with van der Waals surface area (Å²) in [6, 6.07) is 13.5. The number of sulfonamides is 1. The number of nitrogens with one attached hydrogen (secondary N) is 1. The number of benzene rings is 2. The first-order chi connectivity index (χ1) is 11.3. The molecule has 5 nitrogen and oxygen atoms in total. The first-order valence-corrected chi connectivity index (χ1v) is 9.66. The van der Waals surface area contributed by atoms with Crippen molar-refractivity contribution in [3.8, 4) is 0 Å². The smallest absolute Gasteiger partial charge is 0.232 e. The second-order valence-electron chi connectivity index (χ2n) is 5.07. The van der Waals surface area contributed by atoms with Crippen LogP contribution in [-0.2, 0) is 14.8 Å². The zero-order valence-electron chi connectivity index (χ0n) is 12.9. The summed E-state index contributed by atoms with van der Waals surface area (Å²) in [5, 5.41) is 3.25. The Morgan fingerprint density at radius 3 is 2.17 bits per heavy atom. The second kappa shape index (κ2) is 7.88. The third-order valence-electron chi connectivity index (χ3n) is 3.21. The van der Waals surface area contributed by atoms with Gasteiger partial charge < -0.3 is 5.32 Å². The third-order valence-corrected chi connectivity index (χ3v) is 5.04. The Labute approximate surface area is 151 Å². The van der Waals surface area contributed by atoms with E-state index in [2.05, 4.69) is 5.32 Å². The number of hydrogen-bond donors (Lipinski definition) is 1. The quantitative estimate of drug-likeness (QED) is 0.820. The van der Waals surface area contributed by atoms with Crippen molar-refractivity contribution in [1.82, 2.24) is 0 Å². The predicted molar refractivity (Wildman–Crippen MR) is 98.3 cm³/mol. The molecular formula is C16H16Cl2N2O3S. The maximum atomic E-state index is 12.1. The Morgan fingerprint density at radius 2 is 1.62 bits per heavy atom. The van der Waals surface area contributed by atoms with E-state index in [0.29, 0.717) is 21.4 Å². The maximum Gasteiger partial charge on any atom is 0.232 e. The van der Waals surface area contributed by atoms with Crippen LogP contribution < -0.4 is 9.62 Å². The Bertz CT molecular complexity index is 806. The molecule has 0 spiro atoms. The van der Waals surface area contributed by atoms with Crippen LogP contribution in [0.5, 0.6) is 0 Å². The van der Waals surface area contributed by atoms with Crippen LogP contribution in [0.2, 0.25) is 10.0 Å². The fourth-order valence-corrected chi connectivity index (χ4v) is 3.52. The van der Waals surface area contributed by atoms with E-state index in [1.165, 1.54) is 4.31 Å². The van der Waals surface area contributed by atoms with Gasteiger partial charge in [-0.2, -0.15) is 0 Å². The molecule has 1 N–H and O–H groups in total. The van der Waals surface area contributed by atoms with Crippen LogP contribution in [0.3, 0.4) is 0 Å². The van der Waals surface area contributed by atoms with Gasteiger partial charge in [0.1, 0.15) is 0 Å². The highest BCUT2D eigenvalue weighted by Gasteiger charge is 2.19. The molecule has 0 bridgehead atoms. The molecule has 2 aromatic carbocycles. The highest BCUT2D eigenvalue weighted by Crippen LogP contribution is 2.29. The molecule has 0 fully saturated rings. The van der Waals surface area contributed by atoms with Crippen LogP contribution >= 0.6 is 23.2 Å². The van der Waals surface area contributed by atoms with E-state index in [0.717, 1.165) is 6.26 Å². The van der Waals surface area contributed by atoms with Crippen molar-refractivity contribution in [2.24, 2.45) is 0 Å². The van der Waals surface area contributed by atoms with E-state index >= 15 is 0 Å². The normalized spacial score (nSPS) is 11.1. The fourth-order valence-electron chi connectivity index (χ4n) is 2.10. The van der Waals surface area contributed by atoms with Gasteiger partial charge in [0.2, 0.25) is 15.9 Å². The van der Waals surface area contributed by atoms with Crippen LogP contribution in [0.1, 0.15) is 6.42 Å². The minimum atomic E-state index is -3.50. The predicted octanol–water partition coefficient (Wildman–Crippen LogP) is 3.79. The average molecular weight is 387 g/mol. The van der Waals surface area contributed by atoms with Crippen LogP contribution in [0, 0.1) is 0 Å². The molecule has 8 heteroatoms. The van der Waals surface area contributed by atoms with Crippen molar-refractivity contribution in [2.75, 3.05) is 22.4 Å². The molecule has 0 saturated heterocycles. The largest absolute Gasteiger partial charge is 0.323 e. The van der Waals surface area contributed by atoms with Crippen molar-refractivity contribution in [2.45, 2.75) is 6.42 Å². The lowest BCUT2D eigenvalue weighted by Crippen LogP contribution is -2.33. The Hall–Kier alpha value is -1.76. The summed E-state index contributed by atoms with van der Waals surface area (Å²) >= 11 is 12.0. The molecule has 24 heavy (non-hydrogen) atoms. The number of carbonyl (C=O) groups excluding carboxylic acids is 1. The number of carbonyl (C=O) groups is 1. The molecule has 2 aromatic rings. The van der Waals surface area contributed by atoms with E-state index in [9.17, 15) is 13.2 Å². The van der Waals surface area contributed by atoms with E-state index in [4.69, 9.17) is 23.2 Å². The summed E-state index contributed by atoms with van der Waals surface area (Å²) in [5.74, 6) is -0.380. The molecule has 0 saturated carbocycles. The van der Waals surface area contributed by atoms with Gasteiger partial charge in [0.15, 0.2) is 0 Å². The molecule has 0 radical (unpaired) electrons. The minimum Gasteiger partial charge on any atom is -0.323 e. The zero-order valence-corrected chi connectivity index (χ0v) is 15.2. The molecule has 0 aliphatic rings. The molecule has 1 amide bonds. The summed E-state index contributed by atoms with van der Waals surface area (Å²) in [6.45, 7) is 0.0107. The topological polar surface area (TPSA) is 66.5 Å². The summed E-state index contributed by atoms with van der Waals surface area (Å²) in [7, 11) is -3.50. The van der Waals surface area contributed by atoms with Crippen molar-refractivity contribution in [3.05, 3.63) is 58.6 Å². The third kappa shape index (κ3) is 4.87. The van der Waals surface area contributed by atoms with E-state index in [1.807, 2.05) is 0 Å². The number of halogens is 2. The number of para-hydroxylation sites is 2. The molecule has 0 heterocycles. The van der Waals surface area contributed by atoms with Crippen LogP contribution in [0.15, 0.2) is 48.5 Å². The number of hydrogen-bond acceptors (Lipinski definition) is 3. The van der Waals surface area contributed by atoms with Gasteiger partial charge in [-0.3, -0.25) is 9.10 Å². The Kier molecular flexibility index (Phi) is 6.10. The molecule has 128 valence electrons. The summed E-state index contributed by atoms with van der Waals surface area (Å²) in [5.41, 5.74) is 0.819. The fraction of sp³-hybridized carbons (Fsp3) is 0.188. The summed E-state index contributed by atoms with van der Waals surface area (Å²) in [6.07, 6.45) is 1.06. The van der Waals surface area contributed by atoms with Crippen molar-refractivity contribution in [3.63, 3.8) is 0 Å². The lowest BCUT2D eigenvalue weighted by molar-refractivity contribution is -0.116. The highest BCUT2D eigenvalue weighted by atomic mass is 35.5. The van der Waals surface area contributed by atoms with Crippen LogP contribution in [-0.4, -0.2) is 27.1 Å². The molecular weight excluding hydrogens is 371 g/mol. The summed E-state index contributed by atoms with van der Waals surface area (Å²) < 4.78 is 25.1. The minimum absolute atomic E-state index is 0.0107. The van der Waals surface area contributed by atoms with Crippen molar-refractivity contribution in [1.29, 1.82) is 0 Å². The molecule has 0 unspecified atom stereocenters. The first-order valence-electron chi connectivity index (χ1n) is 7.05. The SMILES string of the molecule is CS(=O)(=O)N(CCC(=O)Nc1c(Cl)cccc1Cl)c1ccccc1.